The lowest BCUT2D eigenvalue weighted by Crippen LogP contribution is -2.53. The summed E-state index contributed by atoms with van der Waals surface area (Å²) >= 11 is 12.5. The number of hydrogen-bond acceptors (Lipinski definition) is 4. The van der Waals surface area contributed by atoms with Crippen molar-refractivity contribution in [2.75, 3.05) is 17.4 Å². The molecule has 4 rings (SSSR count). The van der Waals surface area contributed by atoms with Gasteiger partial charge in [0, 0.05) is 19.5 Å². The molecule has 4 aromatic carbocycles. The van der Waals surface area contributed by atoms with E-state index >= 15 is 0 Å². The van der Waals surface area contributed by atoms with Crippen LogP contribution in [0.5, 0.6) is 0 Å². The van der Waals surface area contributed by atoms with Crippen LogP contribution >= 0.6 is 23.2 Å². The highest BCUT2D eigenvalue weighted by Gasteiger charge is 2.35. The van der Waals surface area contributed by atoms with E-state index in [9.17, 15) is 18.0 Å². The molecular formula is C34H35Cl2N3O4S. The van der Waals surface area contributed by atoms with Gasteiger partial charge in [-0.25, -0.2) is 8.42 Å². The van der Waals surface area contributed by atoms with E-state index in [1.807, 2.05) is 37.3 Å². The molecule has 0 spiro atoms. The molecule has 1 atom stereocenters. The summed E-state index contributed by atoms with van der Waals surface area (Å²) in [5, 5.41) is 3.51. The van der Waals surface area contributed by atoms with Crippen LogP contribution in [-0.2, 0) is 32.6 Å². The number of likely N-dealkylation sites (N-methyl/N-ethyl adjacent to an activating group) is 1. The van der Waals surface area contributed by atoms with E-state index in [1.54, 1.807) is 68.4 Å². The predicted octanol–water partition coefficient (Wildman–Crippen LogP) is 6.58. The van der Waals surface area contributed by atoms with Crippen LogP contribution in [0, 0.1) is 13.8 Å². The molecule has 7 nitrogen and oxygen atoms in total. The summed E-state index contributed by atoms with van der Waals surface area (Å²) in [6, 6.07) is 26.9. The Labute approximate surface area is 269 Å². The Balaban J connectivity index is 1.82. The molecule has 1 N–H and O–H groups in total. The quantitative estimate of drug-likeness (QED) is 0.187. The number of anilines is 1. The zero-order valence-electron chi connectivity index (χ0n) is 24.8. The van der Waals surface area contributed by atoms with Gasteiger partial charge in [-0.2, -0.15) is 0 Å². The molecule has 2 amide bonds. The van der Waals surface area contributed by atoms with Crippen LogP contribution in [0.15, 0.2) is 102 Å². The number of benzene rings is 4. The predicted molar refractivity (Wildman–Crippen MR) is 177 cm³/mol. The van der Waals surface area contributed by atoms with Gasteiger partial charge in [-0.15, -0.1) is 0 Å². The number of para-hydroxylation sites is 1. The lowest BCUT2D eigenvalue weighted by molar-refractivity contribution is -0.140. The minimum atomic E-state index is -4.18. The molecule has 0 heterocycles. The van der Waals surface area contributed by atoms with Gasteiger partial charge in [-0.1, -0.05) is 95.5 Å². The monoisotopic (exact) mass is 651 g/mol. The largest absolute Gasteiger partial charge is 0.355 e. The first-order valence-electron chi connectivity index (χ1n) is 14.2. The fourth-order valence-corrected chi connectivity index (χ4v) is 6.67. The van der Waals surface area contributed by atoms with Crippen molar-refractivity contribution < 1.29 is 18.0 Å². The first-order chi connectivity index (χ1) is 21.0. The minimum Gasteiger partial charge on any atom is -0.355 e. The van der Waals surface area contributed by atoms with Gasteiger partial charge in [-0.05, 0) is 67.8 Å². The zero-order chi connectivity index (χ0) is 31.9. The molecule has 0 saturated heterocycles. The molecule has 0 saturated carbocycles. The first-order valence-corrected chi connectivity index (χ1v) is 16.4. The standard InChI is InChI=1S/C34H35Cl2N3O4S/c1-4-37-34(41)32(21-26-11-6-5-7-12-26)38(22-27-16-19-29(35)30(36)20-27)33(40)23-39(31-13-9-8-10-25(31)3)44(42,43)28-17-14-24(2)15-18-28/h5-20,32H,4,21-23H2,1-3H3,(H,37,41)/t32-/m0/s1. The molecule has 230 valence electrons. The molecule has 0 unspecified atom stereocenters. The second kappa shape index (κ2) is 14.8. The van der Waals surface area contributed by atoms with Crippen molar-refractivity contribution in [3.8, 4) is 0 Å². The van der Waals surface area contributed by atoms with E-state index in [-0.39, 0.29) is 23.8 Å². The number of hydrogen-bond donors (Lipinski definition) is 1. The van der Waals surface area contributed by atoms with Crippen LogP contribution in [-0.4, -0.2) is 44.3 Å². The van der Waals surface area contributed by atoms with Crippen LogP contribution in [0.2, 0.25) is 10.0 Å². The molecule has 0 aliphatic carbocycles. The highest BCUT2D eigenvalue weighted by Crippen LogP contribution is 2.29. The maximum absolute atomic E-state index is 14.4. The normalized spacial score (nSPS) is 11.9. The lowest BCUT2D eigenvalue weighted by atomic mass is 10.0. The Bertz CT molecular complexity index is 1710. The average Bonchev–Trinajstić information content (AvgIpc) is 3.00. The number of amides is 2. The SMILES string of the molecule is CCNC(=O)[C@H](Cc1ccccc1)N(Cc1ccc(Cl)c(Cl)c1)C(=O)CN(c1ccccc1C)S(=O)(=O)c1ccc(C)cc1. The van der Waals surface area contributed by atoms with Crippen molar-refractivity contribution in [3.63, 3.8) is 0 Å². The highest BCUT2D eigenvalue weighted by molar-refractivity contribution is 7.92. The van der Waals surface area contributed by atoms with Crippen molar-refractivity contribution in [2.24, 2.45) is 0 Å². The second-order valence-corrected chi connectivity index (χ2v) is 13.2. The van der Waals surface area contributed by atoms with Gasteiger partial charge >= 0.3 is 0 Å². The number of carbonyl (C=O) groups is 2. The Morgan fingerprint density at radius 1 is 0.818 bits per heavy atom. The Morgan fingerprint density at radius 3 is 2.11 bits per heavy atom. The van der Waals surface area contributed by atoms with Crippen molar-refractivity contribution in [2.45, 2.75) is 44.7 Å². The summed E-state index contributed by atoms with van der Waals surface area (Å²) < 4.78 is 29.4. The van der Waals surface area contributed by atoms with Crippen LogP contribution in [0.1, 0.15) is 29.2 Å². The molecule has 0 fully saturated rings. The highest BCUT2D eigenvalue weighted by atomic mass is 35.5. The number of carbonyl (C=O) groups excluding carboxylic acids is 2. The van der Waals surface area contributed by atoms with Crippen molar-refractivity contribution >= 4 is 50.7 Å². The average molecular weight is 653 g/mol. The lowest BCUT2D eigenvalue weighted by Gasteiger charge is -2.34. The smallest absolute Gasteiger partial charge is 0.264 e. The first kappa shape index (κ1) is 33.1. The number of aryl methyl sites for hydroxylation is 2. The van der Waals surface area contributed by atoms with E-state index in [0.29, 0.717) is 33.4 Å². The van der Waals surface area contributed by atoms with Crippen LogP contribution < -0.4 is 9.62 Å². The summed E-state index contributed by atoms with van der Waals surface area (Å²) in [5.41, 5.74) is 3.43. The second-order valence-electron chi connectivity index (χ2n) is 10.5. The molecule has 44 heavy (non-hydrogen) atoms. The summed E-state index contributed by atoms with van der Waals surface area (Å²) in [4.78, 5) is 29.5. The summed E-state index contributed by atoms with van der Waals surface area (Å²) in [7, 11) is -4.18. The summed E-state index contributed by atoms with van der Waals surface area (Å²) in [5.74, 6) is -0.907. The number of nitrogens with one attached hydrogen (secondary N) is 1. The number of halogens is 2. The van der Waals surface area contributed by atoms with E-state index in [2.05, 4.69) is 5.32 Å². The molecule has 4 aromatic rings. The van der Waals surface area contributed by atoms with Crippen molar-refractivity contribution in [3.05, 3.63) is 129 Å². The van der Waals surface area contributed by atoms with Gasteiger partial charge in [0.05, 0.1) is 20.6 Å². The van der Waals surface area contributed by atoms with Gasteiger partial charge in [0.15, 0.2) is 0 Å². The van der Waals surface area contributed by atoms with Crippen LogP contribution in [0.4, 0.5) is 5.69 Å². The molecule has 0 bridgehead atoms. The number of nitrogens with zero attached hydrogens (tertiary/aromatic N) is 2. The van der Waals surface area contributed by atoms with Gasteiger partial charge in [0.1, 0.15) is 12.6 Å². The molecule has 0 aromatic heterocycles. The Kier molecular flexibility index (Phi) is 11.1. The van der Waals surface area contributed by atoms with Gasteiger partial charge < -0.3 is 10.2 Å². The summed E-state index contributed by atoms with van der Waals surface area (Å²) in [6.07, 6.45) is 0.217. The van der Waals surface area contributed by atoms with E-state index < -0.39 is 28.5 Å². The van der Waals surface area contributed by atoms with E-state index in [0.717, 1.165) is 15.4 Å². The fraction of sp³-hybridized carbons (Fsp3) is 0.235. The number of sulfonamides is 1. The van der Waals surface area contributed by atoms with E-state index in [4.69, 9.17) is 23.2 Å². The molecule has 10 heteroatoms. The summed E-state index contributed by atoms with van der Waals surface area (Å²) in [6.45, 7) is 5.28. The van der Waals surface area contributed by atoms with Crippen molar-refractivity contribution in [1.82, 2.24) is 10.2 Å². The minimum absolute atomic E-state index is 0.00342. The van der Waals surface area contributed by atoms with E-state index in [1.165, 1.54) is 17.0 Å². The molecule has 0 radical (unpaired) electrons. The Morgan fingerprint density at radius 2 is 1.48 bits per heavy atom. The Hall–Kier alpha value is -3.85. The fourth-order valence-electron chi connectivity index (χ4n) is 4.87. The van der Waals surface area contributed by atoms with Crippen LogP contribution in [0.3, 0.4) is 0 Å². The van der Waals surface area contributed by atoms with Gasteiger partial charge in [0.2, 0.25) is 11.8 Å². The molecular weight excluding hydrogens is 617 g/mol. The van der Waals surface area contributed by atoms with Gasteiger partial charge in [0.25, 0.3) is 10.0 Å². The van der Waals surface area contributed by atoms with Crippen LogP contribution in [0.25, 0.3) is 0 Å². The van der Waals surface area contributed by atoms with Gasteiger partial charge in [-0.3, -0.25) is 13.9 Å². The third-order valence-corrected chi connectivity index (χ3v) is 9.74. The third-order valence-electron chi connectivity index (χ3n) is 7.23. The maximum atomic E-state index is 14.4. The molecule has 0 aliphatic rings. The van der Waals surface area contributed by atoms with Crippen molar-refractivity contribution in [1.29, 1.82) is 0 Å². The molecule has 0 aliphatic heterocycles. The zero-order valence-corrected chi connectivity index (χ0v) is 27.2. The third kappa shape index (κ3) is 8.00. The number of rotatable bonds is 12. The topological polar surface area (TPSA) is 86.8 Å². The maximum Gasteiger partial charge on any atom is 0.264 e.